The number of anilines is 1. The number of hydrogen-bond donors (Lipinski definition) is 3. The monoisotopic (exact) mass is 512 g/mol. The number of pyridine rings is 1. The first kappa shape index (κ1) is 26.0. The number of halogens is 3. The lowest BCUT2D eigenvalue weighted by Crippen LogP contribution is -2.27. The lowest BCUT2D eigenvalue weighted by Gasteiger charge is -2.07. The molecule has 0 aliphatic carbocycles. The number of ether oxygens (including phenoxy) is 1. The predicted octanol–water partition coefficient (Wildman–Crippen LogP) is 3.15. The molecule has 0 saturated carbocycles. The number of hydrogen-bond acceptors (Lipinski definition) is 6. The first-order valence-corrected chi connectivity index (χ1v) is 12.4. The van der Waals surface area contributed by atoms with Crippen molar-refractivity contribution in [3.63, 3.8) is 0 Å². The van der Waals surface area contributed by atoms with E-state index in [0.29, 0.717) is 23.4 Å². The van der Waals surface area contributed by atoms with Gasteiger partial charge in [0.1, 0.15) is 5.65 Å². The predicted molar refractivity (Wildman–Crippen MR) is 123 cm³/mol. The van der Waals surface area contributed by atoms with Crippen molar-refractivity contribution in [2.45, 2.75) is 25.4 Å². The molecule has 0 saturated heterocycles. The van der Waals surface area contributed by atoms with E-state index in [0.717, 1.165) is 22.8 Å². The number of esters is 1. The highest BCUT2D eigenvalue weighted by Crippen LogP contribution is 2.29. The van der Waals surface area contributed by atoms with Crippen molar-refractivity contribution in [3.8, 4) is 11.1 Å². The van der Waals surface area contributed by atoms with Gasteiger partial charge in [0.05, 0.1) is 19.3 Å². The summed E-state index contributed by atoms with van der Waals surface area (Å²) < 4.78 is 65.4. The molecule has 0 radical (unpaired) electrons. The number of benzene rings is 1. The Hall–Kier alpha value is -3.61. The number of nitrogens with one attached hydrogen (secondary N) is 3. The zero-order valence-electron chi connectivity index (χ0n) is 18.6. The number of sulfonamides is 1. The fourth-order valence-corrected chi connectivity index (χ4v) is 3.86. The SMILES string of the molecule is CS(=O)(=O)Nc1ccc(-c2ccnc3[nH]c(CC(=O)NCCCCOC(=O)C(F)(F)F)cc23)cc1. The van der Waals surface area contributed by atoms with Crippen molar-refractivity contribution < 1.29 is 35.9 Å². The van der Waals surface area contributed by atoms with Crippen LogP contribution in [0.5, 0.6) is 0 Å². The van der Waals surface area contributed by atoms with Crippen LogP contribution in [0.1, 0.15) is 18.5 Å². The van der Waals surface area contributed by atoms with Gasteiger partial charge in [0.15, 0.2) is 0 Å². The minimum absolute atomic E-state index is 0.0378. The van der Waals surface area contributed by atoms with Gasteiger partial charge >= 0.3 is 12.1 Å². The molecule has 0 bridgehead atoms. The summed E-state index contributed by atoms with van der Waals surface area (Å²) in [7, 11) is -3.38. The van der Waals surface area contributed by atoms with Gasteiger partial charge in [0.25, 0.3) is 0 Å². The second-order valence-electron chi connectivity index (χ2n) is 7.73. The average Bonchev–Trinajstić information content (AvgIpc) is 3.17. The van der Waals surface area contributed by atoms with Gasteiger partial charge < -0.3 is 15.0 Å². The van der Waals surface area contributed by atoms with Crippen LogP contribution in [0.3, 0.4) is 0 Å². The van der Waals surface area contributed by atoms with Crippen LogP contribution in [-0.2, 0) is 30.8 Å². The molecule has 1 aromatic carbocycles. The van der Waals surface area contributed by atoms with Crippen LogP contribution in [-0.4, -0.2) is 55.8 Å². The number of carbonyl (C=O) groups is 2. The van der Waals surface area contributed by atoms with Gasteiger partial charge in [-0.3, -0.25) is 9.52 Å². The second kappa shape index (κ2) is 10.8. The van der Waals surface area contributed by atoms with Crippen LogP contribution in [0.15, 0.2) is 42.6 Å². The summed E-state index contributed by atoms with van der Waals surface area (Å²) in [5.41, 5.74) is 3.31. The van der Waals surface area contributed by atoms with E-state index in [-0.39, 0.29) is 31.9 Å². The maximum Gasteiger partial charge on any atom is 0.490 e. The Labute approximate surface area is 199 Å². The third kappa shape index (κ3) is 7.70. The first-order chi connectivity index (χ1) is 16.4. The molecule has 188 valence electrons. The quantitative estimate of drug-likeness (QED) is 0.283. The molecule has 0 atom stereocenters. The van der Waals surface area contributed by atoms with Gasteiger partial charge in [0, 0.05) is 29.5 Å². The van der Waals surface area contributed by atoms with E-state index in [2.05, 4.69) is 24.7 Å². The molecule has 0 aliphatic rings. The summed E-state index contributed by atoms with van der Waals surface area (Å²) in [4.78, 5) is 30.2. The summed E-state index contributed by atoms with van der Waals surface area (Å²) in [5, 5.41) is 3.45. The van der Waals surface area contributed by atoms with Crippen LogP contribution in [0.4, 0.5) is 18.9 Å². The summed E-state index contributed by atoms with van der Waals surface area (Å²) in [6.45, 7) is -0.157. The maximum atomic E-state index is 12.2. The molecule has 13 heteroatoms. The number of alkyl halides is 3. The summed E-state index contributed by atoms with van der Waals surface area (Å²) >= 11 is 0. The molecule has 0 fully saturated rings. The van der Waals surface area contributed by atoms with E-state index in [1.54, 1.807) is 36.5 Å². The van der Waals surface area contributed by atoms with Gasteiger partial charge in [-0.25, -0.2) is 18.2 Å². The number of rotatable bonds is 10. The van der Waals surface area contributed by atoms with Crippen molar-refractivity contribution >= 4 is 38.6 Å². The van der Waals surface area contributed by atoms with Crippen molar-refractivity contribution in [1.82, 2.24) is 15.3 Å². The Morgan fingerprint density at radius 1 is 1.11 bits per heavy atom. The highest BCUT2D eigenvalue weighted by atomic mass is 32.2. The van der Waals surface area contributed by atoms with Gasteiger partial charge in [-0.2, -0.15) is 13.2 Å². The molecule has 3 N–H and O–H groups in total. The number of nitrogens with zero attached hydrogens (tertiary/aromatic N) is 1. The zero-order valence-corrected chi connectivity index (χ0v) is 19.4. The number of amides is 1. The Bertz CT molecular complexity index is 1300. The molecule has 0 unspecified atom stereocenters. The zero-order chi connectivity index (χ0) is 25.6. The van der Waals surface area contributed by atoms with Crippen LogP contribution in [0.2, 0.25) is 0 Å². The van der Waals surface area contributed by atoms with E-state index in [9.17, 15) is 31.2 Å². The minimum atomic E-state index is -5.01. The first-order valence-electron chi connectivity index (χ1n) is 10.5. The highest BCUT2D eigenvalue weighted by Gasteiger charge is 2.40. The molecule has 3 aromatic rings. The fraction of sp³-hybridized carbons (Fsp3) is 0.318. The van der Waals surface area contributed by atoms with Crippen molar-refractivity contribution in [1.29, 1.82) is 0 Å². The fourth-order valence-electron chi connectivity index (χ4n) is 3.30. The van der Waals surface area contributed by atoms with Crippen molar-refractivity contribution in [3.05, 3.63) is 48.3 Å². The minimum Gasteiger partial charge on any atom is -0.459 e. The summed E-state index contributed by atoms with van der Waals surface area (Å²) in [6.07, 6.45) is -1.76. The highest BCUT2D eigenvalue weighted by molar-refractivity contribution is 7.92. The standard InChI is InChI=1S/C22H23F3N4O5S/c1-35(32,33)29-15-6-4-14(5-7-15)17-8-10-27-20-18(17)12-16(28-20)13-19(30)26-9-2-3-11-34-21(31)22(23,24)25/h4-8,10,12,29H,2-3,9,11,13H2,1H3,(H,26,30)(H,27,28). The smallest absolute Gasteiger partial charge is 0.459 e. The topological polar surface area (TPSA) is 130 Å². The van der Waals surface area contributed by atoms with Crippen LogP contribution in [0, 0.1) is 0 Å². The number of carbonyl (C=O) groups excluding carboxylic acids is 2. The number of H-pyrrole nitrogens is 1. The van der Waals surface area contributed by atoms with Crippen molar-refractivity contribution in [2.24, 2.45) is 0 Å². The number of aromatic nitrogens is 2. The molecule has 2 heterocycles. The second-order valence-corrected chi connectivity index (χ2v) is 9.48. The third-order valence-electron chi connectivity index (χ3n) is 4.80. The van der Waals surface area contributed by atoms with E-state index < -0.39 is 22.2 Å². The van der Waals surface area contributed by atoms with Gasteiger partial charge in [-0.1, -0.05) is 12.1 Å². The average molecular weight is 513 g/mol. The normalized spacial score (nSPS) is 11.9. The molecule has 3 rings (SSSR count). The third-order valence-corrected chi connectivity index (χ3v) is 5.40. The molecular formula is C22H23F3N4O5S. The Balaban J connectivity index is 1.55. The molecule has 35 heavy (non-hydrogen) atoms. The molecule has 1 amide bonds. The lowest BCUT2D eigenvalue weighted by molar-refractivity contribution is -0.199. The Kier molecular flexibility index (Phi) is 7.99. The number of unbranched alkanes of at least 4 members (excludes halogenated alkanes) is 1. The van der Waals surface area contributed by atoms with Crippen LogP contribution < -0.4 is 10.0 Å². The lowest BCUT2D eigenvalue weighted by atomic mass is 10.0. The van der Waals surface area contributed by atoms with E-state index >= 15 is 0 Å². The molecule has 0 spiro atoms. The van der Waals surface area contributed by atoms with Crippen molar-refractivity contribution in [2.75, 3.05) is 24.1 Å². The molecule has 0 aliphatic heterocycles. The summed E-state index contributed by atoms with van der Waals surface area (Å²) in [6, 6.07) is 10.4. The largest absolute Gasteiger partial charge is 0.490 e. The van der Waals surface area contributed by atoms with Crippen LogP contribution in [0.25, 0.3) is 22.2 Å². The van der Waals surface area contributed by atoms with E-state index in [1.165, 1.54) is 0 Å². The molecule has 9 nitrogen and oxygen atoms in total. The van der Waals surface area contributed by atoms with Gasteiger partial charge in [-0.05, 0) is 48.2 Å². The van der Waals surface area contributed by atoms with Gasteiger partial charge in [-0.15, -0.1) is 0 Å². The number of fused-ring (bicyclic) bond motifs is 1. The maximum absolute atomic E-state index is 12.2. The van der Waals surface area contributed by atoms with E-state index in [4.69, 9.17) is 0 Å². The molecule has 2 aromatic heterocycles. The Morgan fingerprint density at radius 2 is 1.83 bits per heavy atom. The summed E-state index contributed by atoms with van der Waals surface area (Å²) in [5.74, 6) is -2.52. The Morgan fingerprint density at radius 3 is 2.49 bits per heavy atom. The van der Waals surface area contributed by atoms with Gasteiger partial charge in [0.2, 0.25) is 15.9 Å². The van der Waals surface area contributed by atoms with Crippen LogP contribution >= 0.6 is 0 Å². The van der Waals surface area contributed by atoms with E-state index in [1.807, 2.05) is 6.07 Å². The number of aromatic amines is 1. The molecular weight excluding hydrogens is 489 g/mol.